The topological polar surface area (TPSA) is 47.3 Å². The Morgan fingerprint density at radius 3 is 2.15 bits per heavy atom. The lowest BCUT2D eigenvalue weighted by molar-refractivity contribution is 0.0900. The number of carbonyl (C=O) groups excluding carboxylic acids is 2. The highest BCUT2D eigenvalue weighted by Gasteiger charge is 2.38. The summed E-state index contributed by atoms with van der Waals surface area (Å²) < 4.78 is 6.04. The van der Waals surface area contributed by atoms with E-state index >= 15 is 0 Å². The van der Waals surface area contributed by atoms with Crippen LogP contribution in [0.2, 0.25) is 0 Å². The monoisotopic (exact) mass is 344 g/mol. The van der Waals surface area contributed by atoms with Crippen LogP contribution in [0.1, 0.15) is 52.5 Å². The van der Waals surface area contributed by atoms with Gasteiger partial charge in [-0.05, 0) is 11.0 Å². The normalized spacial score (nSPS) is 15.5. The minimum atomic E-state index is -0.190. The molecule has 0 fully saturated rings. The Bertz CT molecular complexity index is 979. The van der Waals surface area contributed by atoms with Crippen LogP contribution in [0.5, 0.6) is 0 Å². The van der Waals surface area contributed by atoms with Crippen LogP contribution in [0.3, 0.4) is 0 Å². The average molecular weight is 344 g/mol. The molecule has 1 aromatic heterocycles. The lowest BCUT2D eigenvalue weighted by Gasteiger charge is -2.27. The average Bonchev–Trinajstić information content (AvgIpc) is 3.01. The summed E-state index contributed by atoms with van der Waals surface area (Å²) in [7, 11) is 0. The van der Waals surface area contributed by atoms with Crippen LogP contribution >= 0.6 is 0 Å². The maximum absolute atomic E-state index is 13.1. The second-order valence-corrected chi connectivity index (χ2v) is 7.61. The summed E-state index contributed by atoms with van der Waals surface area (Å²) in [6, 6.07) is 18.6. The van der Waals surface area contributed by atoms with Gasteiger partial charge in [0.1, 0.15) is 5.76 Å². The molecular formula is C23H20O3. The highest BCUT2D eigenvalue weighted by Crippen LogP contribution is 2.43. The lowest BCUT2D eigenvalue weighted by Crippen LogP contribution is -2.26. The highest BCUT2D eigenvalue weighted by molar-refractivity contribution is 6.15. The van der Waals surface area contributed by atoms with Gasteiger partial charge < -0.3 is 4.42 Å². The number of Topliss-reactive ketones (excluding diaryl/α,β-unsaturated/α-hetero) is 1. The summed E-state index contributed by atoms with van der Waals surface area (Å²) in [6.45, 7) is 4.11. The first-order valence-corrected chi connectivity index (χ1v) is 8.80. The Morgan fingerprint density at radius 2 is 1.50 bits per heavy atom. The summed E-state index contributed by atoms with van der Waals surface area (Å²) in [5, 5.41) is 0. The van der Waals surface area contributed by atoms with Crippen molar-refractivity contribution in [3.05, 3.63) is 83.3 Å². The van der Waals surface area contributed by atoms with Gasteiger partial charge in [-0.2, -0.15) is 0 Å². The number of furan rings is 1. The molecule has 0 radical (unpaired) electrons. The van der Waals surface area contributed by atoms with Gasteiger partial charge in [0.15, 0.2) is 11.5 Å². The fourth-order valence-corrected chi connectivity index (χ4v) is 3.68. The number of ketones is 2. The third kappa shape index (κ3) is 2.80. The van der Waals surface area contributed by atoms with E-state index < -0.39 is 0 Å². The molecule has 0 saturated carbocycles. The van der Waals surface area contributed by atoms with Crippen molar-refractivity contribution in [2.24, 2.45) is 5.41 Å². The number of fused-ring (bicyclic) bond motifs is 1. The standard InChI is InChI=1S/C23H20O3/c1-23(2)13-17(24)20-18(14-23)26-22(19(20)15-9-5-3-6-10-15)21(25)16-11-7-4-8-12-16/h3-12H,13-14H2,1-2H3. The second-order valence-electron chi connectivity index (χ2n) is 7.61. The van der Waals surface area contributed by atoms with Crippen molar-refractivity contribution >= 4 is 11.6 Å². The predicted molar refractivity (Wildman–Crippen MR) is 100 cm³/mol. The molecule has 4 rings (SSSR count). The summed E-state index contributed by atoms with van der Waals surface area (Å²) in [4.78, 5) is 26.0. The summed E-state index contributed by atoms with van der Waals surface area (Å²) >= 11 is 0. The number of hydrogen-bond acceptors (Lipinski definition) is 3. The Balaban J connectivity index is 1.95. The van der Waals surface area contributed by atoms with Crippen LogP contribution in [-0.4, -0.2) is 11.6 Å². The van der Waals surface area contributed by atoms with Crippen molar-refractivity contribution in [2.45, 2.75) is 26.7 Å². The van der Waals surface area contributed by atoms with Crippen molar-refractivity contribution in [2.75, 3.05) is 0 Å². The Labute approximate surface area is 152 Å². The molecule has 1 aliphatic carbocycles. The largest absolute Gasteiger partial charge is 0.456 e. The number of rotatable bonds is 3. The van der Waals surface area contributed by atoms with Crippen molar-refractivity contribution in [1.29, 1.82) is 0 Å². The molecule has 0 saturated heterocycles. The summed E-state index contributed by atoms with van der Waals surface area (Å²) in [6.07, 6.45) is 1.11. The fourth-order valence-electron chi connectivity index (χ4n) is 3.68. The van der Waals surface area contributed by atoms with Crippen LogP contribution in [0.15, 0.2) is 65.1 Å². The predicted octanol–water partition coefficient (Wildman–Crippen LogP) is 5.33. The molecule has 0 bridgehead atoms. The molecule has 2 aromatic carbocycles. The Hall–Kier alpha value is -2.94. The van der Waals surface area contributed by atoms with Crippen LogP contribution in [0, 0.1) is 5.41 Å². The smallest absolute Gasteiger partial charge is 0.228 e. The van der Waals surface area contributed by atoms with Crippen molar-refractivity contribution in [1.82, 2.24) is 0 Å². The third-order valence-corrected chi connectivity index (χ3v) is 4.84. The quantitative estimate of drug-likeness (QED) is 0.603. The molecule has 0 amide bonds. The van der Waals surface area contributed by atoms with E-state index in [0.29, 0.717) is 35.3 Å². The maximum atomic E-state index is 13.1. The Kier molecular flexibility index (Phi) is 3.87. The van der Waals surface area contributed by atoms with E-state index in [2.05, 4.69) is 13.8 Å². The van der Waals surface area contributed by atoms with E-state index in [0.717, 1.165) is 5.56 Å². The molecule has 0 N–H and O–H groups in total. The van der Waals surface area contributed by atoms with E-state index in [-0.39, 0.29) is 22.7 Å². The van der Waals surface area contributed by atoms with Gasteiger partial charge in [0, 0.05) is 24.0 Å². The van der Waals surface area contributed by atoms with Crippen LogP contribution in [-0.2, 0) is 6.42 Å². The second kappa shape index (κ2) is 6.10. The van der Waals surface area contributed by atoms with Gasteiger partial charge in [-0.3, -0.25) is 9.59 Å². The van der Waals surface area contributed by atoms with E-state index in [4.69, 9.17) is 4.42 Å². The molecule has 0 aliphatic heterocycles. The first kappa shape index (κ1) is 16.5. The molecule has 0 unspecified atom stereocenters. The van der Waals surface area contributed by atoms with Gasteiger partial charge in [0.05, 0.1) is 5.56 Å². The maximum Gasteiger partial charge on any atom is 0.228 e. The molecule has 1 heterocycles. The number of carbonyl (C=O) groups is 2. The van der Waals surface area contributed by atoms with Gasteiger partial charge in [-0.15, -0.1) is 0 Å². The zero-order valence-electron chi connectivity index (χ0n) is 14.9. The SMILES string of the molecule is CC1(C)CC(=O)c2c(oc(C(=O)c3ccccc3)c2-c2ccccc2)C1. The highest BCUT2D eigenvalue weighted by atomic mass is 16.4. The van der Waals surface area contributed by atoms with Crippen LogP contribution in [0.4, 0.5) is 0 Å². The first-order valence-electron chi connectivity index (χ1n) is 8.80. The van der Waals surface area contributed by atoms with Crippen molar-refractivity contribution in [3.63, 3.8) is 0 Å². The molecule has 0 spiro atoms. The summed E-state index contributed by atoms with van der Waals surface area (Å²) in [5.41, 5.74) is 2.44. The minimum Gasteiger partial charge on any atom is -0.456 e. The van der Waals surface area contributed by atoms with Gasteiger partial charge in [-0.25, -0.2) is 0 Å². The zero-order chi connectivity index (χ0) is 18.3. The minimum absolute atomic E-state index is 0.0472. The van der Waals surface area contributed by atoms with Gasteiger partial charge >= 0.3 is 0 Å². The lowest BCUT2D eigenvalue weighted by atomic mass is 9.75. The molecule has 130 valence electrons. The van der Waals surface area contributed by atoms with E-state index in [1.807, 2.05) is 48.5 Å². The molecule has 3 heteroatoms. The van der Waals surface area contributed by atoms with Crippen molar-refractivity contribution in [3.8, 4) is 11.1 Å². The zero-order valence-corrected chi connectivity index (χ0v) is 14.9. The first-order chi connectivity index (χ1) is 12.5. The molecular weight excluding hydrogens is 324 g/mol. The molecule has 1 aliphatic rings. The van der Waals surface area contributed by atoms with Crippen LogP contribution in [0.25, 0.3) is 11.1 Å². The van der Waals surface area contributed by atoms with E-state index in [9.17, 15) is 9.59 Å². The van der Waals surface area contributed by atoms with Gasteiger partial charge in [0.2, 0.25) is 5.78 Å². The Morgan fingerprint density at radius 1 is 0.885 bits per heavy atom. The van der Waals surface area contributed by atoms with Crippen LogP contribution < -0.4 is 0 Å². The summed E-state index contributed by atoms with van der Waals surface area (Å²) in [5.74, 6) is 0.748. The van der Waals surface area contributed by atoms with Gasteiger partial charge in [0.25, 0.3) is 0 Å². The fraction of sp³-hybridized carbons (Fsp3) is 0.217. The molecule has 0 atom stereocenters. The number of hydrogen-bond donors (Lipinski definition) is 0. The molecule has 3 aromatic rings. The van der Waals surface area contributed by atoms with Crippen molar-refractivity contribution < 1.29 is 14.0 Å². The number of benzene rings is 2. The van der Waals surface area contributed by atoms with E-state index in [1.165, 1.54) is 0 Å². The third-order valence-electron chi connectivity index (χ3n) is 4.84. The van der Waals surface area contributed by atoms with E-state index in [1.54, 1.807) is 12.1 Å². The molecule has 3 nitrogen and oxygen atoms in total. The molecule has 26 heavy (non-hydrogen) atoms. The van der Waals surface area contributed by atoms with Gasteiger partial charge in [-0.1, -0.05) is 74.5 Å².